The van der Waals surface area contributed by atoms with E-state index >= 15 is 0 Å². The maximum atomic E-state index is 11.7. The molecule has 4 nitrogen and oxygen atoms in total. The number of carboxylic acid groups (broad SMARTS) is 1. The molecule has 1 fully saturated rings. The van der Waals surface area contributed by atoms with Gasteiger partial charge >= 0.3 is 5.97 Å². The average molecular weight is 263 g/mol. The zero-order chi connectivity index (χ0) is 13.7. The van der Waals surface area contributed by atoms with Crippen LogP contribution in [0.1, 0.15) is 37.3 Å². The van der Waals surface area contributed by atoms with Gasteiger partial charge in [-0.25, -0.2) is 0 Å². The Morgan fingerprint density at radius 3 is 2.42 bits per heavy atom. The minimum absolute atomic E-state index is 0.603. The summed E-state index contributed by atoms with van der Waals surface area (Å²) in [5.41, 5.74) is 0.749. The van der Waals surface area contributed by atoms with E-state index in [4.69, 9.17) is 4.74 Å². The number of benzene rings is 1. The fourth-order valence-electron chi connectivity index (χ4n) is 2.73. The average Bonchev–Trinajstić information content (AvgIpc) is 2.68. The number of hydrogen-bond donors (Lipinski definition) is 1. The Hall–Kier alpha value is -1.55. The SMILES string of the molecule is COc1ccccc1C(C(=O)O)N1CCCCCC1. The van der Waals surface area contributed by atoms with Gasteiger partial charge in [0.1, 0.15) is 11.8 Å². The fourth-order valence-corrected chi connectivity index (χ4v) is 2.73. The summed E-state index contributed by atoms with van der Waals surface area (Å²) in [5, 5.41) is 9.59. The van der Waals surface area contributed by atoms with Gasteiger partial charge in [0.2, 0.25) is 0 Å². The van der Waals surface area contributed by atoms with Crippen molar-refractivity contribution in [2.45, 2.75) is 31.7 Å². The van der Waals surface area contributed by atoms with Crippen LogP contribution in [0.15, 0.2) is 24.3 Å². The first-order valence-corrected chi connectivity index (χ1v) is 6.84. The summed E-state index contributed by atoms with van der Waals surface area (Å²) < 4.78 is 5.31. The maximum Gasteiger partial charge on any atom is 0.325 e. The van der Waals surface area contributed by atoms with Gasteiger partial charge in [-0.1, -0.05) is 31.0 Å². The summed E-state index contributed by atoms with van der Waals surface area (Å²) in [6.45, 7) is 1.68. The van der Waals surface area contributed by atoms with E-state index in [9.17, 15) is 9.90 Å². The van der Waals surface area contributed by atoms with E-state index in [0.717, 1.165) is 31.5 Å². The molecule has 1 atom stereocenters. The predicted molar refractivity (Wildman–Crippen MR) is 73.4 cm³/mol. The summed E-state index contributed by atoms with van der Waals surface area (Å²) in [6.07, 6.45) is 4.52. The molecule has 1 aromatic carbocycles. The van der Waals surface area contributed by atoms with Crippen LogP contribution >= 0.6 is 0 Å². The lowest BCUT2D eigenvalue weighted by Crippen LogP contribution is -2.35. The normalized spacial score (nSPS) is 18.6. The van der Waals surface area contributed by atoms with E-state index in [1.165, 1.54) is 12.8 Å². The number of rotatable bonds is 4. The zero-order valence-corrected chi connectivity index (χ0v) is 11.3. The van der Waals surface area contributed by atoms with Crippen molar-refractivity contribution in [3.05, 3.63) is 29.8 Å². The van der Waals surface area contributed by atoms with Gasteiger partial charge in [0, 0.05) is 5.56 Å². The molecule has 0 radical (unpaired) electrons. The monoisotopic (exact) mass is 263 g/mol. The first kappa shape index (κ1) is 13.9. The lowest BCUT2D eigenvalue weighted by atomic mass is 10.0. The first-order valence-electron chi connectivity index (χ1n) is 6.84. The summed E-state index contributed by atoms with van der Waals surface area (Å²) >= 11 is 0. The molecule has 1 N–H and O–H groups in total. The quantitative estimate of drug-likeness (QED) is 0.907. The van der Waals surface area contributed by atoms with Crippen molar-refractivity contribution in [2.75, 3.05) is 20.2 Å². The third-order valence-electron chi connectivity index (χ3n) is 3.67. The molecule has 0 bridgehead atoms. The van der Waals surface area contributed by atoms with E-state index in [1.807, 2.05) is 24.3 Å². The standard InChI is InChI=1S/C15H21NO3/c1-19-13-9-5-4-8-12(13)14(15(17)18)16-10-6-2-3-7-11-16/h4-5,8-9,14H,2-3,6-7,10-11H2,1H3,(H,17,18). The molecule has 1 aliphatic rings. The van der Waals surface area contributed by atoms with Crippen molar-refractivity contribution in [1.29, 1.82) is 0 Å². The number of ether oxygens (including phenoxy) is 1. The fraction of sp³-hybridized carbons (Fsp3) is 0.533. The molecule has 1 heterocycles. The summed E-state index contributed by atoms with van der Waals surface area (Å²) in [4.78, 5) is 13.7. The lowest BCUT2D eigenvalue weighted by molar-refractivity contribution is -0.143. The van der Waals surface area contributed by atoms with Crippen molar-refractivity contribution in [3.63, 3.8) is 0 Å². The largest absolute Gasteiger partial charge is 0.496 e. The third kappa shape index (κ3) is 3.26. The highest BCUT2D eigenvalue weighted by Gasteiger charge is 2.29. The van der Waals surface area contributed by atoms with E-state index in [1.54, 1.807) is 7.11 Å². The van der Waals surface area contributed by atoms with E-state index < -0.39 is 12.0 Å². The Bertz CT molecular complexity index is 425. The van der Waals surface area contributed by atoms with Crippen LogP contribution in [0.25, 0.3) is 0 Å². The van der Waals surface area contributed by atoms with Gasteiger partial charge in [-0.05, 0) is 32.0 Å². The first-order chi connectivity index (χ1) is 9.24. The number of hydrogen-bond acceptors (Lipinski definition) is 3. The van der Waals surface area contributed by atoms with Crippen LogP contribution in [0.5, 0.6) is 5.75 Å². The summed E-state index contributed by atoms with van der Waals surface area (Å²) in [6, 6.07) is 6.80. The molecule has 1 unspecified atom stereocenters. The smallest absolute Gasteiger partial charge is 0.325 e. The van der Waals surface area contributed by atoms with Crippen LogP contribution in [-0.2, 0) is 4.79 Å². The van der Waals surface area contributed by atoms with Gasteiger partial charge in [0.25, 0.3) is 0 Å². The van der Waals surface area contributed by atoms with Gasteiger partial charge in [0.05, 0.1) is 7.11 Å². The van der Waals surface area contributed by atoms with E-state index in [0.29, 0.717) is 5.75 Å². The van der Waals surface area contributed by atoms with Gasteiger partial charge in [-0.2, -0.15) is 0 Å². The van der Waals surface area contributed by atoms with E-state index in [2.05, 4.69) is 4.90 Å². The van der Waals surface area contributed by atoms with Crippen LogP contribution in [0, 0.1) is 0 Å². The Balaban J connectivity index is 2.30. The van der Waals surface area contributed by atoms with E-state index in [-0.39, 0.29) is 0 Å². The Morgan fingerprint density at radius 2 is 1.84 bits per heavy atom. The second-order valence-electron chi connectivity index (χ2n) is 4.93. The Kier molecular flexibility index (Phi) is 4.80. The summed E-state index contributed by atoms with van der Waals surface area (Å²) in [7, 11) is 1.58. The molecule has 1 saturated heterocycles. The van der Waals surface area contributed by atoms with Crippen molar-refractivity contribution >= 4 is 5.97 Å². The number of carboxylic acids is 1. The molecule has 0 saturated carbocycles. The highest BCUT2D eigenvalue weighted by atomic mass is 16.5. The lowest BCUT2D eigenvalue weighted by Gasteiger charge is -2.28. The molecule has 0 aliphatic carbocycles. The van der Waals surface area contributed by atoms with Gasteiger partial charge in [0.15, 0.2) is 0 Å². The molecule has 19 heavy (non-hydrogen) atoms. The molecule has 104 valence electrons. The minimum atomic E-state index is -0.800. The number of likely N-dealkylation sites (tertiary alicyclic amines) is 1. The maximum absolute atomic E-state index is 11.7. The predicted octanol–water partition coefficient (Wildman–Crippen LogP) is 2.70. The number of aliphatic carboxylic acids is 1. The van der Waals surface area contributed by atoms with Crippen LogP contribution in [0.4, 0.5) is 0 Å². The molecule has 2 rings (SSSR count). The second kappa shape index (κ2) is 6.57. The van der Waals surface area contributed by atoms with Crippen LogP contribution in [0.3, 0.4) is 0 Å². The van der Waals surface area contributed by atoms with Crippen LogP contribution in [-0.4, -0.2) is 36.2 Å². The zero-order valence-electron chi connectivity index (χ0n) is 11.3. The molecule has 0 aromatic heterocycles. The molecule has 1 aromatic rings. The molecule has 0 amide bonds. The summed E-state index contributed by atoms with van der Waals surface area (Å²) in [5.74, 6) is -0.148. The van der Waals surface area contributed by atoms with Crippen LogP contribution < -0.4 is 4.74 Å². The molecular weight excluding hydrogens is 242 g/mol. The molecular formula is C15H21NO3. The third-order valence-corrected chi connectivity index (χ3v) is 3.67. The second-order valence-corrected chi connectivity index (χ2v) is 4.93. The van der Waals surface area contributed by atoms with Crippen molar-refractivity contribution < 1.29 is 14.6 Å². The number of nitrogens with zero attached hydrogens (tertiary/aromatic N) is 1. The van der Waals surface area contributed by atoms with Gasteiger partial charge in [-0.15, -0.1) is 0 Å². The van der Waals surface area contributed by atoms with Gasteiger partial charge in [-0.3, -0.25) is 9.69 Å². The van der Waals surface area contributed by atoms with Crippen LogP contribution in [0.2, 0.25) is 0 Å². The minimum Gasteiger partial charge on any atom is -0.496 e. The molecule has 1 aliphatic heterocycles. The van der Waals surface area contributed by atoms with Crippen molar-refractivity contribution in [1.82, 2.24) is 4.90 Å². The Labute approximate surface area is 114 Å². The molecule has 4 heteroatoms. The molecule has 0 spiro atoms. The highest BCUT2D eigenvalue weighted by Crippen LogP contribution is 2.31. The topological polar surface area (TPSA) is 49.8 Å². The highest BCUT2D eigenvalue weighted by molar-refractivity contribution is 5.76. The van der Waals surface area contributed by atoms with Gasteiger partial charge < -0.3 is 9.84 Å². The number of para-hydroxylation sites is 1. The number of methoxy groups -OCH3 is 1. The van der Waals surface area contributed by atoms with Crippen molar-refractivity contribution in [2.24, 2.45) is 0 Å². The van der Waals surface area contributed by atoms with Crippen molar-refractivity contribution in [3.8, 4) is 5.75 Å². The number of carbonyl (C=O) groups is 1. The Morgan fingerprint density at radius 1 is 1.21 bits per heavy atom.